The molecule has 0 saturated carbocycles. The van der Waals surface area contributed by atoms with Gasteiger partial charge in [-0.05, 0) is 71.6 Å². The molecule has 230 valence electrons. The molecule has 0 aliphatic rings. The summed E-state index contributed by atoms with van der Waals surface area (Å²) >= 11 is 0. The molecule has 0 bridgehead atoms. The highest BCUT2D eigenvalue weighted by Crippen LogP contribution is 2.40. The average molecular weight is 628 g/mol. The molecule has 49 heavy (non-hydrogen) atoms. The second-order valence-corrected chi connectivity index (χ2v) is 12.4. The van der Waals surface area contributed by atoms with Crippen LogP contribution >= 0.6 is 0 Å². The third-order valence-electron chi connectivity index (χ3n) is 9.67. The van der Waals surface area contributed by atoms with Gasteiger partial charge in [-0.2, -0.15) is 0 Å². The maximum atomic E-state index is 6.32. The van der Waals surface area contributed by atoms with Crippen LogP contribution in [0.25, 0.3) is 71.3 Å². The first-order chi connectivity index (χ1) is 24.3. The van der Waals surface area contributed by atoms with Gasteiger partial charge < -0.3 is 13.9 Å². The lowest BCUT2D eigenvalue weighted by molar-refractivity contribution is 0.669. The molecular formula is C45H29N3O. The number of aromatic nitrogens is 2. The van der Waals surface area contributed by atoms with Gasteiger partial charge in [-0.1, -0.05) is 103 Å². The molecule has 0 unspecified atom stereocenters. The van der Waals surface area contributed by atoms with Crippen LogP contribution in [0.1, 0.15) is 0 Å². The summed E-state index contributed by atoms with van der Waals surface area (Å²) in [6, 6.07) is 58.3. The van der Waals surface area contributed by atoms with Crippen LogP contribution in [0.3, 0.4) is 0 Å². The van der Waals surface area contributed by atoms with E-state index in [1.807, 2.05) is 12.3 Å². The number of benzene rings is 7. The maximum absolute atomic E-state index is 6.32. The smallest absolute Gasteiger partial charge is 0.143 e. The molecule has 0 fully saturated rings. The molecule has 4 nitrogen and oxygen atoms in total. The highest BCUT2D eigenvalue weighted by atomic mass is 16.3. The number of fused-ring (bicyclic) bond motifs is 8. The van der Waals surface area contributed by atoms with Gasteiger partial charge in [0.05, 0.1) is 11.0 Å². The Morgan fingerprint density at radius 3 is 2.02 bits per heavy atom. The van der Waals surface area contributed by atoms with Gasteiger partial charge in [-0.15, -0.1) is 0 Å². The highest BCUT2D eigenvalue weighted by Gasteiger charge is 2.18. The zero-order valence-electron chi connectivity index (χ0n) is 26.5. The van der Waals surface area contributed by atoms with Crippen LogP contribution in [0.2, 0.25) is 0 Å². The van der Waals surface area contributed by atoms with Gasteiger partial charge in [0, 0.05) is 67.6 Å². The van der Waals surface area contributed by atoms with Crippen LogP contribution in [0.5, 0.6) is 0 Å². The van der Waals surface area contributed by atoms with Crippen molar-refractivity contribution in [3.8, 4) is 16.8 Å². The zero-order valence-corrected chi connectivity index (χ0v) is 26.5. The Kier molecular flexibility index (Phi) is 6.15. The third-order valence-corrected chi connectivity index (χ3v) is 9.67. The second kappa shape index (κ2) is 11.0. The van der Waals surface area contributed by atoms with Crippen molar-refractivity contribution >= 4 is 71.6 Å². The van der Waals surface area contributed by atoms with Crippen molar-refractivity contribution in [1.82, 2.24) is 9.55 Å². The molecule has 0 saturated heterocycles. The van der Waals surface area contributed by atoms with Crippen molar-refractivity contribution in [2.75, 3.05) is 4.90 Å². The lowest BCUT2D eigenvalue weighted by Gasteiger charge is -2.26. The summed E-state index contributed by atoms with van der Waals surface area (Å²) in [6.07, 6.45) is 3.65. The number of hydrogen-bond acceptors (Lipinski definition) is 3. The minimum Gasteiger partial charge on any atom is -0.455 e. The van der Waals surface area contributed by atoms with Gasteiger partial charge in [0.2, 0.25) is 0 Å². The van der Waals surface area contributed by atoms with Crippen LogP contribution in [-0.2, 0) is 0 Å². The van der Waals surface area contributed by atoms with E-state index in [2.05, 4.69) is 172 Å². The fourth-order valence-corrected chi connectivity index (χ4v) is 7.43. The number of anilines is 3. The van der Waals surface area contributed by atoms with Gasteiger partial charge in [-0.25, -0.2) is 0 Å². The van der Waals surface area contributed by atoms with Crippen molar-refractivity contribution < 1.29 is 4.42 Å². The summed E-state index contributed by atoms with van der Waals surface area (Å²) in [5.41, 5.74) is 10.7. The minimum atomic E-state index is 0.849. The van der Waals surface area contributed by atoms with E-state index >= 15 is 0 Å². The first-order valence-corrected chi connectivity index (χ1v) is 16.5. The summed E-state index contributed by atoms with van der Waals surface area (Å²) in [7, 11) is 0. The Bertz CT molecular complexity index is 2810. The normalized spacial score (nSPS) is 11.7. The fourth-order valence-electron chi connectivity index (χ4n) is 7.43. The number of rotatable bonds is 5. The minimum absolute atomic E-state index is 0.849. The molecule has 0 N–H and O–H groups in total. The highest BCUT2D eigenvalue weighted by molar-refractivity contribution is 6.18. The number of para-hydroxylation sites is 3. The van der Waals surface area contributed by atoms with Gasteiger partial charge in [0.25, 0.3) is 0 Å². The number of hydrogen-bond donors (Lipinski definition) is 0. The quantitative estimate of drug-likeness (QED) is 0.190. The number of nitrogens with zero attached hydrogens (tertiary/aromatic N) is 3. The molecule has 10 rings (SSSR count). The van der Waals surface area contributed by atoms with Crippen molar-refractivity contribution in [3.05, 3.63) is 176 Å². The van der Waals surface area contributed by atoms with Crippen molar-refractivity contribution in [3.63, 3.8) is 0 Å². The van der Waals surface area contributed by atoms with E-state index in [1.54, 1.807) is 6.20 Å². The van der Waals surface area contributed by atoms with E-state index in [4.69, 9.17) is 4.42 Å². The summed E-state index contributed by atoms with van der Waals surface area (Å²) in [4.78, 5) is 6.63. The predicted octanol–water partition coefficient (Wildman–Crippen LogP) is 12.4. The van der Waals surface area contributed by atoms with Crippen LogP contribution in [0.4, 0.5) is 17.1 Å². The maximum Gasteiger partial charge on any atom is 0.143 e. The van der Waals surface area contributed by atoms with Crippen LogP contribution in [-0.4, -0.2) is 9.55 Å². The predicted molar refractivity (Wildman–Crippen MR) is 203 cm³/mol. The lowest BCUT2D eigenvalue weighted by Crippen LogP contribution is -2.10. The topological polar surface area (TPSA) is 34.2 Å². The van der Waals surface area contributed by atoms with Gasteiger partial charge in [-0.3, -0.25) is 4.98 Å². The Morgan fingerprint density at radius 2 is 1.18 bits per heavy atom. The summed E-state index contributed by atoms with van der Waals surface area (Å²) in [6.45, 7) is 0. The molecule has 3 aromatic heterocycles. The van der Waals surface area contributed by atoms with E-state index < -0.39 is 0 Å². The average Bonchev–Trinajstić information content (AvgIpc) is 3.72. The molecule has 10 aromatic rings. The Morgan fingerprint density at radius 1 is 0.490 bits per heavy atom. The van der Waals surface area contributed by atoms with Gasteiger partial charge in [0.15, 0.2) is 0 Å². The van der Waals surface area contributed by atoms with E-state index in [1.165, 1.54) is 32.6 Å². The molecule has 0 spiro atoms. The van der Waals surface area contributed by atoms with Gasteiger partial charge in [0.1, 0.15) is 11.2 Å². The number of pyridine rings is 1. The van der Waals surface area contributed by atoms with Crippen LogP contribution in [0.15, 0.2) is 181 Å². The monoisotopic (exact) mass is 627 g/mol. The van der Waals surface area contributed by atoms with E-state index in [0.29, 0.717) is 0 Å². The fraction of sp³-hybridized carbons (Fsp3) is 0. The van der Waals surface area contributed by atoms with Crippen LogP contribution < -0.4 is 4.90 Å². The summed E-state index contributed by atoms with van der Waals surface area (Å²) < 4.78 is 8.73. The molecule has 0 aliphatic carbocycles. The molecule has 4 heteroatoms. The molecular weight excluding hydrogens is 599 g/mol. The first kappa shape index (κ1) is 27.5. The molecule has 0 radical (unpaired) electrons. The molecule has 3 heterocycles. The third kappa shape index (κ3) is 4.35. The Labute approximate surface area is 282 Å². The summed E-state index contributed by atoms with van der Waals surface area (Å²) in [5.74, 6) is 0. The van der Waals surface area contributed by atoms with Crippen molar-refractivity contribution in [1.29, 1.82) is 0 Å². The second-order valence-electron chi connectivity index (χ2n) is 12.4. The zero-order chi connectivity index (χ0) is 32.3. The molecule has 7 aromatic carbocycles. The van der Waals surface area contributed by atoms with Crippen molar-refractivity contribution in [2.45, 2.75) is 0 Å². The molecule has 0 amide bonds. The largest absolute Gasteiger partial charge is 0.455 e. The summed E-state index contributed by atoms with van der Waals surface area (Å²) in [5, 5.41) is 7.12. The van der Waals surface area contributed by atoms with Gasteiger partial charge >= 0.3 is 0 Å². The number of furan rings is 1. The van der Waals surface area contributed by atoms with Crippen LogP contribution in [0, 0.1) is 0 Å². The molecule has 0 aliphatic heterocycles. The van der Waals surface area contributed by atoms with E-state index in [9.17, 15) is 0 Å². The van der Waals surface area contributed by atoms with E-state index in [0.717, 1.165) is 55.8 Å². The van der Waals surface area contributed by atoms with Crippen molar-refractivity contribution in [2.24, 2.45) is 0 Å². The SMILES string of the molecule is c1ccc(N(c2ccc(-c3cccc4c3oc3ccncc34)cc2)c2ccc(-n3c4ccccc4c4ccc5ccccc5c43)cc2)cc1. The Balaban J connectivity index is 1.08. The standard InChI is InChI=1S/C45H29N3O/c1-2-10-32(11-3-1)47(33-20-17-31(18-21-33)37-14-8-15-40-41-29-46-28-27-43(41)49-45(37)40)34-22-24-35(25-23-34)48-42-16-7-6-13-38(42)39-26-19-30-9-4-5-12-36(30)44(39)48/h1-29H. The molecule has 0 atom stereocenters. The first-order valence-electron chi connectivity index (χ1n) is 16.5. The lowest BCUT2D eigenvalue weighted by atomic mass is 10.0. The Hall–Kier alpha value is -6.65. The van der Waals surface area contributed by atoms with E-state index in [-0.39, 0.29) is 0 Å².